The van der Waals surface area contributed by atoms with Gasteiger partial charge < -0.3 is 14.8 Å². The number of fused-ring (bicyclic) bond motifs is 1. The number of rotatable bonds is 3. The summed E-state index contributed by atoms with van der Waals surface area (Å²) in [6.07, 6.45) is -4.52. The molecule has 0 fully saturated rings. The van der Waals surface area contributed by atoms with E-state index in [1.807, 2.05) is 0 Å². The molecule has 3 rings (SSSR count). The first-order valence-corrected chi connectivity index (χ1v) is 7.51. The largest absolute Gasteiger partial charge is 0.486 e. The summed E-state index contributed by atoms with van der Waals surface area (Å²) in [5.74, 6) is 0.704. The lowest BCUT2D eigenvalue weighted by atomic mass is 10.1. The van der Waals surface area contributed by atoms with E-state index in [9.17, 15) is 18.0 Å². The van der Waals surface area contributed by atoms with Crippen LogP contribution in [-0.4, -0.2) is 24.1 Å². The van der Waals surface area contributed by atoms with E-state index in [1.54, 1.807) is 18.2 Å². The number of amides is 1. The number of halogens is 3. The Morgan fingerprint density at radius 3 is 2.70 bits per heavy atom. The number of nitrogens with zero attached hydrogens (tertiary/aromatic N) is 1. The van der Waals surface area contributed by atoms with Gasteiger partial charge in [-0.2, -0.15) is 13.2 Å². The fourth-order valence-electron chi connectivity index (χ4n) is 2.01. The minimum absolute atomic E-state index is 0.00241. The molecule has 1 amide bonds. The molecule has 0 atom stereocenters. The molecule has 23 heavy (non-hydrogen) atoms. The van der Waals surface area contributed by atoms with Gasteiger partial charge >= 0.3 is 6.18 Å². The number of hydrogen-bond acceptors (Lipinski definition) is 5. The standard InChI is InChI=1S/C14H11F3N2O3S/c15-14(16,17)11-7-23-13(18-11)19-12(20)6-8-1-2-9-10(5-8)22-4-3-21-9/h1-2,5,7H,3-4,6H2,(H,18,19,20). The van der Waals surface area contributed by atoms with Gasteiger partial charge in [0.2, 0.25) is 5.91 Å². The summed E-state index contributed by atoms with van der Waals surface area (Å²) in [5.41, 5.74) is -0.350. The fourth-order valence-corrected chi connectivity index (χ4v) is 2.74. The van der Waals surface area contributed by atoms with E-state index < -0.39 is 17.8 Å². The molecule has 1 aliphatic rings. The Morgan fingerprint density at radius 1 is 1.26 bits per heavy atom. The van der Waals surface area contributed by atoms with Gasteiger partial charge in [-0.1, -0.05) is 6.07 Å². The number of nitrogens with one attached hydrogen (secondary N) is 1. The number of carbonyl (C=O) groups is 1. The molecule has 1 aromatic carbocycles. The minimum atomic E-state index is -4.52. The van der Waals surface area contributed by atoms with Gasteiger partial charge in [0.1, 0.15) is 13.2 Å². The summed E-state index contributed by atoms with van der Waals surface area (Å²) >= 11 is 0.730. The number of alkyl halides is 3. The Hall–Kier alpha value is -2.29. The molecule has 2 aromatic rings. The summed E-state index contributed by atoms with van der Waals surface area (Å²) in [5, 5.41) is 3.14. The van der Waals surface area contributed by atoms with Gasteiger partial charge in [0, 0.05) is 5.38 Å². The van der Waals surface area contributed by atoms with Crippen molar-refractivity contribution in [2.75, 3.05) is 18.5 Å². The lowest BCUT2D eigenvalue weighted by molar-refractivity contribution is -0.140. The van der Waals surface area contributed by atoms with Crippen LogP contribution >= 0.6 is 11.3 Å². The first-order chi connectivity index (χ1) is 10.9. The van der Waals surface area contributed by atoms with Gasteiger partial charge in [-0.15, -0.1) is 11.3 Å². The Balaban J connectivity index is 1.64. The average molecular weight is 344 g/mol. The molecule has 1 aromatic heterocycles. The van der Waals surface area contributed by atoms with Crippen molar-refractivity contribution in [2.24, 2.45) is 0 Å². The predicted octanol–water partition coefficient (Wildman–Crippen LogP) is 3.11. The van der Waals surface area contributed by atoms with Crippen molar-refractivity contribution in [2.45, 2.75) is 12.6 Å². The molecule has 0 aliphatic carbocycles. The van der Waals surface area contributed by atoms with Crippen LogP contribution in [0.5, 0.6) is 11.5 Å². The zero-order valence-electron chi connectivity index (χ0n) is 11.6. The number of thiazole rings is 1. The molecule has 0 saturated carbocycles. The van der Waals surface area contributed by atoms with Gasteiger partial charge in [0.05, 0.1) is 6.42 Å². The van der Waals surface area contributed by atoms with Crippen LogP contribution < -0.4 is 14.8 Å². The van der Waals surface area contributed by atoms with Crippen LogP contribution in [0.2, 0.25) is 0 Å². The first-order valence-electron chi connectivity index (χ1n) is 6.63. The second kappa shape index (κ2) is 6.07. The van der Waals surface area contributed by atoms with Crippen LogP contribution in [0.3, 0.4) is 0 Å². The SMILES string of the molecule is O=C(Cc1ccc2c(c1)OCCO2)Nc1nc(C(F)(F)F)cs1. The molecule has 5 nitrogen and oxygen atoms in total. The van der Waals surface area contributed by atoms with Crippen molar-refractivity contribution >= 4 is 22.4 Å². The fraction of sp³-hybridized carbons (Fsp3) is 0.286. The van der Waals surface area contributed by atoms with E-state index in [4.69, 9.17) is 9.47 Å². The molecule has 122 valence electrons. The van der Waals surface area contributed by atoms with E-state index in [2.05, 4.69) is 10.3 Å². The third-order valence-electron chi connectivity index (χ3n) is 3.01. The molecular weight excluding hydrogens is 333 g/mol. The number of benzene rings is 1. The molecule has 0 unspecified atom stereocenters. The van der Waals surface area contributed by atoms with Crippen LogP contribution in [0.25, 0.3) is 0 Å². The average Bonchev–Trinajstić information content (AvgIpc) is 2.95. The van der Waals surface area contributed by atoms with E-state index in [0.717, 1.165) is 16.7 Å². The third-order valence-corrected chi connectivity index (χ3v) is 3.77. The van der Waals surface area contributed by atoms with Crippen molar-refractivity contribution in [3.8, 4) is 11.5 Å². The summed E-state index contributed by atoms with van der Waals surface area (Å²) in [4.78, 5) is 15.3. The van der Waals surface area contributed by atoms with Crippen molar-refractivity contribution < 1.29 is 27.4 Å². The Labute approximate surface area is 133 Å². The molecule has 1 N–H and O–H groups in total. The normalized spacial score (nSPS) is 13.7. The maximum atomic E-state index is 12.5. The zero-order chi connectivity index (χ0) is 16.4. The van der Waals surface area contributed by atoms with Crippen LogP contribution in [0.4, 0.5) is 18.3 Å². The summed E-state index contributed by atoms with van der Waals surface area (Å²) < 4.78 is 48.1. The van der Waals surface area contributed by atoms with Gasteiger partial charge in [0.25, 0.3) is 0 Å². The lowest BCUT2D eigenvalue weighted by Gasteiger charge is -2.18. The number of aromatic nitrogens is 1. The second-order valence-corrected chi connectivity index (χ2v) is 5.60. The molecule has 0 spiro atoms. The van der Waals surface area contributed by atoms with Crippen molar-refractivity contribution in [1.82, 2.24) is 4.98 Å². The van der Waals surface area contributed by atoms with Gasteiger partial charge in [-0.05, 0) is 17.7 Å². The topological polar surface area (TPSA) is 60.5 Å². The predicted molar refractivity (Wildman–Crippen MR) is 76.9 cm³/mol. The smallest absolute Gasteiger partial charge is 0.434 e. The maximum absolute atomic E-state index is 12.5. The molecule has 0 saturated heterocycles. The van der Waals surface area contributed by atoms with Crippen LogP contribution in [0.15, 0.2) is 23.6 Å². The number of anilines is 1. The highest BCUT2D eigenvalue weighted by molar-refractivity contribution is 7.13. The molecular formula is C14H11F3N2O3S. The van der Waals surface area contributed by atoms with Gasteiger partial charge in [-0.3, -0.25) is 4.79 Å². The summed E-state index contributed by atoms with van der Waals surface area (Å²) in [7, 11) is 0. The van der Waals surface area contributed by atoms with Gasteiger partial charge in [-0.25, -0.2) is 4.98 Å². The monoisotopic (exact) mass is 344 g/mol. The lowest BCUT2D eigenvalue weighted by Crippen LogP contribution is -2.17. The second-order valence-electron chi connectivity index (χ2n) is 4.74. The van der Waals surface area contributed by atoms with Crippen LogP contribution in [0, 0.1) is 0 Å². The van der Waals surface area contributed by atoms with Crippen LogP contribution in [0.1, 0.15) is 11.3 Å². The molecule has 9 heteroatoms. The zero-order valence-corrected chi connectivity index (χ0v) is 12.5. The van der Waals surface area contributed by atoms with Crippen molar-refractivity contribution in [1.29, 1.82) is 0 Å². The molecule has 2 heterocycles. The number of ether oxygens (including phenoxy) is 2. The van der Waals surface area contributed by atoms with E-state index >= 15 is 0 Å². The van der Waals surface area contributed by atoms with E-state index in [1.165, 1.54) is 0 Å². The number of hydrogen-bond donors (Lipinski definition) is 1. The van der Waals surface area contributed by atoms with E-state index in [-0.39, 0.29) is 11.6 Å². The van der Waals surface area contributed by atoms with Crippen LogP contribution in [-0.2, 0) is 17.4 Å². The summed E-state index contributed by atoms with van der Waals surface area (Å²) in [6.45, 7) is 0.903. The van der Waals surface area contributed by atoms with Crippen molar-refractivity contribution in [3.63, 3.8) is 0 Å². The quantitative estimate of drug-likeness (QED) is 0.929. The minimum Gasteiger partial charge on any atom is -0.486 e. The highest BCUT2D eigenvalue weighted by Crippen LogP contribution is 2.32. The third kappa shape index (κ3) is 3.73. The summed E-state index contributed by atoms with van der Waals surface area (Å²) in [6, 6.07) is 5.08. The first kappa shape index (κ1) is 15.6. The van der Waals surface area contributed by atoms with E-state index in [0.29, 0.717) is 30.3 Å². The molecule has 1 aliphatic heterocycles. The Kier molecular flexibility index (Phi) is 4.12. The van der Waals surface area contributed by atoms with Gasteiger partial charge in [0.15, 0.2) is 22.3 Å². The molecule has 0 radical (unpaired) electrons. The Bertz CT molecular complexity index is 730. The van der Waals surface area contributed by atoms with Crippen molar-refractivity contribution in [3.05, 3.63) is 34.8 Å². The maximum Gasteiger partial charge on any atom is 0.434 e. The molecule has 0 bridgehead atoms. The highest BCUT2D eigenvalue weighted by atomic mass is 32.1. The number of carbonyl (C=O) groups excluding carboxylic acids is 1. The highest BCUT2D eigenvalue weighted by Gasteiger charge is 2.33. The Morgan fingerprint density at radius 2 is 2.00 bits per heavy atom.